The summed E-state index contributed by atoms with van der Waals surface area (Å²) in [5.41, 5.74) is 0.823. The number of ether oxygens (including phenoxy) is 2. The van der Waals surface area contributed by atoms with Crippen LogP contribution in [-0.4, -0.2) is 45.7 Å². The predicted molar refractivity (Wildman–Crippen MR) is 106 cm³/mol. The lowest BCUT2D eigenvalue weighted by Gasteiger charge is -2.18. The summed E-state index contributed by atoms with van der Waals surface area (Å²) in [6, 6.07) is 3.84. The molecule has 0 fully saturated rings. The van der Waals surface area contributed by atoms with Crippen molar-refractivity contribution < 1.29 is 27.4 Å². The molecule has 0 N–H and O–H groups in total. The van der Waals surface area contributed by atoms with Crippen LogP contribution in [0.15, 0.2) is 30.6 Å². The van der Waals surface area contributed by atoms with E-state index in [0.717, 1.165) is 12.3 Å². The van der Waals surface area contributed by atoms with E-state index in [0.29, 0.717) is 30.1 Å². The summed E-state index contributed by atoms with van der Waals surface area (Å²) >= 11 is 6.01. The highest BCUT2D eigenvalue weighted by atomic mass is 35.5. The van der Waals surface area contributed by atoms with Gasteiger partial charge in [0.2, 0.25) is 0 Å². The Labute approximate surface area is 181 Å². The number of Topliss-reactive ketones (excluding diaryl/α,β-unsaturated/α-hetero) is 1. The molecule has 3 rings (SSSR count). The van der Waals surface area contributed by atoms with Crippen molar-refractivity contribution in [3.05, 3.63) is 58.3 Å². The third-order valence-corrected chi connectivity index (χ3v) is 4.70. The molecule has 0 aliphatic heterocycles. The van der Waals surface area contributed by atoms with E-state index in [4.69, 9.17) is 21.1 Å². The van der Waals surface area contributed by atoms with Gasteiger partial charge in [-0.2, -0.15) is 18.3 Å². The number of pyridine rings is 1. The number of carbonyl (C=O) groups excluding carboxylic acids is 1. The molecule has 0 radical (unpaired) electrons. The van der Waals surface area contributed by atoms with Gasteiger partial charge in [0, 0.05) is 44.0 Å². The summed E-state index contributed by atoms with van der Waals surface area (Å²) in [5.74, 6) is -0.288. The maximum absolute atomic E-state index is 12.9. The van der Waals surface area contributed by atoms with E-state index >= 15 is 0 Å². The highest BCUT2D eigenvalue weighted by Crippen LogP contribution is 2.28. The summed E-state index contributed by atoms with van der Waals surface area (Å²) < 4.78 is 50.9. The largest absolute Gasteiger partial charge is 0.433 e. The molecular formula is C20H20ClF3N4O3. The van der Waals surface area contributed by atoms with Crippen molar-refractivity contribution in [3.8, 4) is 0 Å². The van der Waals surface area contributed by atoms with Crippen LogP contribution in [0, 0.1) is 0 Å². The molecule has 11 heteroatoms. The van der Waals surface area contributed by atoms with Gasteiger partial charge in [0.05, 0.1) is 25.0 Å². The number of halogens is 4. The van der Waals surface area contributed by atoms with Gasteiger partial charge in [0.15, 0.2) is 10.8 Å². The number of nitrogens with zero attached hydrogens (tertiary/aromatic N) is 4. The number of ketones is 1. The van der Waals surface area contributed by atoms with Crippen molar-refractivity contribution in [2.75, 3.05) is 20.3 Å². The van der Waals surface area contributed by atoms with Crippen LogP contribution in [0.5, 0.6) is 0 Å². The second-order valence-corrected chi connectivity index (χ2v) is 7.24. The number of methoxy groups -OCH3 is 1. The molecule has 0 aliphatic carbocycles. The van der Waals surface area contributed by atoms with Crippen molar-refractivity contribution >= 4 is 23.0 Å². The highest BCUT2D eigenvalue weighted by molar-refractivity contribution is 6.29. The second kappa shape index (κ2) is 9.71. The molecular weight excluding hydrogens is 437 g/mol. The fourth-order valence-corrected chi connectivity index (χ4v) is 3.33. The lowest BCUT2D eigenvalue weighted by atomic mass is 10.0. The SMILES string of the molecule is COCCO[C@@H](C)c1c(CC(=O)Cc2ccnc(C(F)(F)F)c2)cnc2cc(Cl)nn12. The Balaban J connectivity index is 1.85. The molecule has 7 nitrogen and oxygen atoms in total. The summed E-state index contributed by atoms with van der Waals surface area (Å²) in [6.07, 6.45) is -2.70. The minimum atomic E-state index is -4.57. The minimum absolute atomic E-state index is 0.0581. The van der Waals surface area contributed by atoms with Crippen LogP contribution in [0.4, 0.5) is 13.2 Å². The minimum Gasteiger partial charge on any atom is -0.382 e. The summed E-state index contributed by atoms with van der Waals surface area (Å²) in [4.78, 5) is 20.3. The Morgan fingerprint density at radius 2 is 2.00 bits per heavy atom. The Morgan fingerprint density at radius 3 is 2.71 bits per heavy atom. The zero-order chi connectivity index (χ0) is 22.6. The number of fused-ring (bicyclic) bond motifs is 1. The van der Waals surface area contributed by atoms with E-state index in [-0.39, 0.29) is 29.3 Å². The number of aromatic nitrogens is 4. The van der Waals surface area contributed by atoms with E-state index in [2.05, 4.69) is 15.1 Å². The smallest absolute Gasteiger partial charge is 0.382 e. The summed E-state index contributed by atoms with van der Waals surface area (Å²) in [6.45, 7) is 2.50. The van der Waals surface area contributed by atoms with Crippen molar-refractivity contribution in [3.63, 3.8) is 0 Å². The van der Waals surface area contributed by atoms with Gasteiger partial charge in [-0.25, -0.2) is 9.50 Å². The highest BCUT2D eigenvalue weighted by Gasteiger charge is 2.32. The van der Waals surface area contributed by atoms with E-state index in [9.17, 15) is 18.0 Å². The van der Waals surface area contributed by atoms with Crippen LogP contribution < -0.4 is 0 Å². The number of rotatable bonds is 9. The van der Waals surface area contributed by atoms with Gasteiger partial charge in [-0.3, -0.25) is 9.78 Å². The summed E-state index contributed by atoms with van der Waals surface area (Å²) in [7, 11) is 1.55. The Bertz CT molecular complexity index is 1070. The Kier molecular flexibility index (Phi) is 7.24. The summed E-state index contributed by atoms with van der Waals surface area (Å²) in [5, 5.41) is 4.45. The maximum Gasteiger partial charge on any atom is 0.433 e. The molecule has 3 heterocycles. The van der Waals surface area contributed by atoms with Crippen LogP contribution in [0.25, 0.3) is 5.65 Å². The normalized spacial score (nSPS) is 13.0. The fraction of sp³-hybridized carbons (Fsp3) is 0.400. The van der Waals surface area contributed by atoms with Crippen LogP contribution in [0.1, 0.15) is 35.5 Å². The first-order valence-corrected chi connectivity index (χ1v) is 9.74. The van der Waals surface area contributed by atoms with Crippen LogP contribution >= 0.6 is 11.6 Å². The second-order valence-electron chi connectivity index (χ2n) is 6.85. The van der Waals surface area contributed by atoms with E-state index in [1.807, 2.05) is 0 Å². The molecule has 0 spiro atoms. The van der Waals surface area contributed by atoms with Gasteiger partial charge in [-0.05, 0) is 24.6 Å². The van der Waals surface area contributed by atoms with Gasteiger partial charge in [0.1, 0.15) is 11.5 Å². The molecule has 0 bridgehead atoms. The first-order valence-electron chi connectivity index (χ1n) is 9.36. The van der Waals surface area contributed by atoms with Crippen LogP contribution in [0.2, 0.25) is 5.15 Å². The van der Waals surface area contributed by atoms with Crippen molar-refractivity contribution in [1.29, 1.82) is 0 Å². The number of alkyl halides is 3. The van der Waals surface area contributed by atoms with Gasteiger partial charge in [-0.15, -0.1) is 0 Å². The fourth-order valence-electron chi connectivity index (χ4n) is 3.16. The van der Waals surface area contributed by atoms with E-state index in [1.165, 1.54) is 16.8 Å². The topological polar surface area (TPSA) is 78.6 Å². The monoisotopic (exact) mass is 456 g/mol. The number of hydrogen-bond donors (Lipinski definition) is 0. The molecule has 0 saturated heterocycles. The van der Waals surface area contributed by atoms with Gasteiger partial charge in [0.25, 0.3) is 0 Å². The first kappa shape index (κ1) is 23.1. The standard InChI is InChI=1S/C20H20ClF3N4O3/c1-12(31-6-5-30-2)19-14(11-26-18-10-17(21)27-28(18)19)9-15(29)7-13-3-4-25-16(8-13)20(22,23)24/h3-4,8,10-12H,5-7,9H2,1-2H3/t12-/m0/s1. The molecule has 0 aliphatic rings. The molecule has 3 aromatic rings. The first-order chi connectivity index (χ1) is 14.7. The zero-order valence-corrected chi connectivity index (χ0v) is 17.6. The van der Waals surface area contributed by atoms with E-state index in [1.54, 1.807) is 20.1 Å². The zero-order valence-electron chi connectivity index (χ0n) is 16.8. The molecule has 0 amide bonds. The van der Waals surface area contributed by atoms with Crippen molar-refractivity contribution in [1.82, 2.24) is 19.6 Å². The maximum atomic E-state index is 12.9. The number of hydrogen-bond acceptors (Lipinski definition) is 6. The molecule has 0 unspecified atom stereocenters. The molecule has 0 aromatic carbocycles. The quantitative estimate of drug-likeness (QED) is 0.455. The number of carbonyl (C=O) groups is 1. The van der Waals surface area contributed by atoms with Gasteiger partial charge < -0.3 is 9.47 Å². The van der Waals surface area contributed by atoms with Gasteiger partial charge >= 0.3 is 6.18 Å². The van der Waals surface area contributed by atoms with Gasteiger partial charge in [-0.1, -0.05) is 11.6 Å². The average Bonchev–Trinajstić information content (AvgIpc) is 3.07. The van der Waals surface area contributed by atoms with E-state index < -0.39 is 18.0 Å². The Hall–Kier alpha value is -2.56. The third kappa shape index (κ3) is 5.78. The molecule has 0 saturated carbocycles. The van der Waals surface area contributed by atoms with Crippen molar-refractivity contribution in [2.45, 2.75) is 32.0 Å². The van der Waals surface area contributed by atoms with Crippen molar-refractivity contribution in [2.24, 2.45) is 0 Å². The lowest BCUT2D eigenvalue weighted by molar-refractivity contribution is -0.141. The molecule has 3 aromatic heterocycles. The molecule has 31 heavy (non-hydrogen) atoms. The van der Waals surface area contributed by atoms with Crippen LogP contribution in [-0.2, 0) is 33.3 Å². The van der Waals surface area contributed by atoms with Crippen LogP contribution in [0.3, 0.4) is 0 Å². The Morgan fingerprint density at radius 1 is 1.23 bits per heavy atom. The lowest BCUT2D eigenvalue weighted by Crippen LogP contribution is -2.17. The molecule has 166 valence electrons. The predicted octanol–water partition coefficient (Wildman–Crippen LogP) is 3.87. The molecule has 1 atom stereocenters. The third-order valence-electron chi connectivity index (χ3n) is 4.51. The average molecular weight is 457 g/mol.